The van der Waals surface area contributed by atoms with Gasteiger partial charge in [0.05, 0.1) is 22.4 Å². The lowest BCUT2D eigenvalue weighted by molar-refractivity contribution is -0.150. The van der Waals surface area contributed by atoms with Crippen LogP contribution in [0.4, 0.5) is 5.82 Å². The number of carboxylic acids is 1. The first-order chi connectivity index (χ1) is 18.2. The number of amides is 2. The molecule has 0 unspecified atom stereocenters. The molecule has 198 valence electrons. The van der Waals surface area contributed by atoms with Crippen LogP contribution in [0, 0.1) is 0 Å². The van der Waals surface area contributed by atoms with Gasteiger partial charge in [0, 0.05) is 15.6 Å². The van der Waals surface area contributed by atoms with E-state index in [0.717, 1.165) is 0 Å². The van der Waals surface area contributed by atoms with E-state index < -0.39 is 23.3 Å². The predicted molar refractivity (Wildman–Crippen MR) is 149 cm³/mol. The van der Waals surface area contributed by atoms with Gasteiger partial charge in [-0.1, -0.05) is 35.0 Å². The van der Waals surface area contributed by atoms with Crippen LogP contribution in [-0.4, -0.2) is 80.9 Å². The molecule has 5 rings (SSSR count). The zero-order chi connectivity index (χ0) is 27.0. The summed E-state index contributed by atoms with van der Waals surface area (Å²) in [5.41, 5.74) is 6.37. The molecule has 1 saturated heterocycles. The van der Waals surface area contributed by atoms with Crippen LogP contribution in [0.5, 0.6) is 0 Å². The number of thioether (sulfide) groups is 4. The van der Waals surface area contributed by atoms with Gasteiger partial charge in [-0.3, -0.25) is 19.6 Å². The van der Waals surface area contributed by atoms with Crippen molar-refractivity contribution in [2.45, 2.75) is 21.5 Å². The molecule has 5 heterocycles. The normalized spacial score (nSPS) is 18.9. The minimum absolute atomic E-state index is 0.0225. The first-order valence-corrected chi connectivity index (χ1v) is 15.4. The second-order valence-corrected chi connectivity index (χ2v) is 13.0. The van der Waals surface area contributed by atoms with Crippen molar-refractivity contribution in [1.82, 2.24) is 35.4 Å². The molecule has 0 aromatic carbocycles. The molecule has 1 fully saturated rings. The van der Waals surface area contributed by atoms with Crippen LogP contribution in [0.2, 0.25) is 10.3 Å². The maximum absolute atomic E-state index is 12.9. The van der Waals surface area contributed by atoms with E-state index in [4.69, 9.17) is 28.9 Å². The molecule has 5 N–H and O–H groups in total. The zero-order valence-corrected chi connectivity index (χ0v) is 23.7. The van der Waals surface area contributed by atoms with Crippen LogP contribution in [0.25, 0.3) is 11.0 Å². The Kier molecular flexibility index (Phi) is 8.16. The fraction of sp³-hybridized carbons (Fsp3) is 0.250. The van der Waals surface area contributed by atoms with Gasteiger partial charge in [-0.05, 0) is 12.1 Å². The number of hydrogen-bond acceptors (Lipinski definition) is 12. The van der Waals surface area contributed by atoms with Gasteiger partial charge in [-0.2, -0.15) is 5.10 Å². The van der Waals surface area contributed by atoms with Gasteiger partial charge in [0.1, 0.15) is 33.2 Å². The van der Waals surface area contributed by atoms with Crippen LogP contribution in [0.15, 0.2) is 39.0 Å². The summed E-state index contributed by atoms with van der Waals surface area (Å²) in [5, 5.41) is 20.6. The molecular formula is C20H16Cl2N8O4S4. The van der Waals surface area contributed by atoms with Crippen LogP contribution < -0.4 is 11.1 Å². The quantitative estimate of drug-likeness (QED) is 0.0891. The summed E-state index contributed by atoms with van der Waals surface area (Å²) in [6.45, 7) is 0. The van der Waals surface area contributed by atoms with Gasteiger partial charge in [-0.15, -0.1) is 35.3 Å². The Labute approximate surface area is 241 Å². The number of β-lactam (4-membered cyclic amide) rings is 1. The maximum Gasteiger partial charge on any atom is 0.353 e. The van der Waals surface area contributed by atoms with Crippen molar-refractivity contribution >= 4 is 105 Å². The summed E-state index contributed by atoms with van der Waals surface area (Å²) in [5.74, 6) is -1.36. The number of aliphatic carboxylic acids is 1. The number of nitrogens with one attached hydrogen (secondary N) is 2. The van der Waals surface area contributed by atoms with Gasteiger partial charge in [0.2, 0.25) is 5.91 Å². The number of rotatable bonds is 9. The van der Waals surface area contributed by atoms with Crippen LogP contribution in [-0.2, 0) is 14.4 Å². The van der Waals surface area contributed by atoms with Crippen molar-refractivity contribution in [3.05, 3.63) is 39.2 Å². The lowest BCUT2D eigenvalue weighted by Gasteiger charge is -2.49. The number of halogens is 2. The highest BCUT2D eigenvalue weighted by Gasteiger charge is 2.54. The molecule has 3 aromatic rings. The molecule has 2 aliphatic heterocycles. The SMILES string of the molecule is Nc1nc(SCSC2=C(C(=O)O)N3C(=O)[C@@H](NC(=O)CSc4cc(Cl)nc(Cl)c4)[C@H]3SC2)nc2[nH]ncc12. The molecule has 0 bridgehead atoms. The topological polar surface area (TPSA) is 180 Å². The molecule has 2 atom stereocenters. The minimum Gasteiger partial charge on any atom is -0.477 e. The standard InChI is InChI=1S/C20H16Cl2N8O4S4/c21-10-1-7(2-11(22)25-10)35-5-12(31)26-13-17(32)30-14(19(33)34)9(4-36-18(13)30)37-6-38-20-27-15(23)8-3-24-29-16(8)28-20/h1-3,13,18H,4-6H2,(H,26,31)(H,33,34)(H3,23,24,27,28,29)/t13-,18-/m1/s1. The second-order valence-electron chi connectivity index (χ2n) is 7.70. The summed E-state index contributed by atoms with van der Waals surface area (Å²) in [6.07, 6.45) is 1.54. The molecule has 2 amide bonds. The lowest BCUT2D eigenvalue weighted by Crippen LogP contribution is -2.70. The molecule has 0 aliphatic carbocycles. The fourth-order valence-electron chi connectivity index (χ4n) is 3.65. The van der Waals surface area contributed by atoms with Crippen molar-refractivity contribution in [3.63, 3.8) is 0 Å². The summed E-state index contributed by atoms with van der Waals surface area (Å²) in [7, 11) is 0. The number of carbonyl (C=O) groups excluding carboxylic acids is 2. The molecule has 0 spiro atoms. The number of hydrogen-bond donors (Lipinski definition) is 4. The second kappa shape index (κ2) is 11.4. The Hall–Kier alpha value is -2.37. The van der Waals surface area contributed by atoms with Crippen LogP contribution >= 0.6 is 70.2 Å². The third-order valence-corrected chi connectivity index (χ3v) is 10.2. The average molecular weight is 632 g/mol. The Morgan fingerprint density at radius 3 is 2.71 bits per heavy atom. The van der Waals surface area contributed by atoms with Crippen molar-refractivity contribution < 1.29 is 19.5 Å². The summed E-state index contributed by atoms with van der Waals surface area (Å²) >= 11 is 16.9. The third kappa shape index (κ3) is 5.65. The molecule has 38 heavy (non-hydrogen) atoms. The average Bonchev–Trinajstić information content (AvgIpc) is 3.34. The monoisotopic (exact) mass is 630 g/mol. The Morgan fingerprint density at radius 2 is 1.97 bits per heavy atom. The van der Waals surface area contributed by atoms with Crippen molar-refractivity contribution in [3.8, 4) is 0 Å². The first kappa shape index (κ1) is 27.2. The molecule has 3 aromatic heterocycles. The van der Waals surface area contributed by atoms with Gasteiger partial charge >= 0.3 is 5.97 Å². The highest BCUT2D eigenvalue weighted by Crippen LogP contribution is 2.44. The Morgan fingerprint density at radius 1 is 1.21 bits per heavy atom. The van der Waals surface area contributed by atoms with E-state index in [0.29, 0.717) is 42.6 Å². The van der Waals surface area contributed by atoms with E-state index in [1.54, 1.807) is 18.3 Å². The number of nitrogens with zero attached hydrogens (tertiary/aromatic N) is 5. The highest BCUT2D eigenvalue weighted by molar-refractivity contribution is 8.18. The number of carbonyl (C=O) groups is 3. The van der Waals surface area contributed by atoms with Crippen molar-refractivity contribution in [2.75, 3.05) is 22.3 Å². The number of nitrogen functional groups attached to an aromatic ring is 1. The van der Waals surface area contributed by atoms with Gasteiger partial charge in [0.25, 0.3) is 5.91 Å². The predicted octanol–water partition coefficient (Wildman–Crippen LogP) is 2.91. The smallest absolute Gasteiger partial charge is 0.353 e. The Bertz CT molecular complexity index is 1470. The van der Waals surface area contributed by atoms with E-state index in [9.17, 15) is 19.5 Å². The molecule has 18 heteroatoms. The number of anilines is 1. The molecule has 0 radical (unpaired) electrons. The fourth-order valence-corrected chi connectivity index (χ4v) is 8.61. The maximum atomic E-state index is 12.9. The number of fused-ring (bicyclic) bond motifs is 2. The number of nitrogens with two attached hydrogens (primary N) is 1. The van der Waals surface area contributed by atoms with E-state index in [2.05, 4.69) is 30.5 Å². The molecular weight excluding hydrogens is 615 g/mol. The summed E-state index contributed by atoms with van der Waals surface area (Å²) in [4.78, 5) is 52.3. The third-order valence-electron chi connectivity index (χ3n) is 5.30. The largest absolute Gasteiger partial charge is 0.477 e. The van der Waals surface area contributed by atoms with E-state index >= 15 is 0 Å². The van der Waals surface area contributed by atoms with Crippen LogP contribution in [0.1, 0.15) is 0 Å². The number of aromatic nitrogens is 5. The first-order valence-electron chi connectivity index (χ1n) is 10.6. The lowest BCUT2D eigenvalue weighted by atomic mass is 10.1. The van der Waals surface area contributed by atoms with Gasteiger partial charge in [0.15, 0.2) is 10.8 Å². The summed E-state index contributed by atoms with van der Waals surface area (Å²) < 4.78 is 0. The Balaban J connectivity index is 1.19. The van der Waals surface area contributed by atoms with Crippen LogP contribution in [0.3, 0.4) is 0 Å². The number of pyridine rings is 1. The number of H-pyrrole nitrogens is 1. The number of carboxylic acid groups (broad SMARTS) is 1. The van der Waals surface area contributed by atoms with Crippen molar-refractivity contribution in [1.29, 1.82) is 0 Å². The number of aromatic amines is 1. The molecule has 0 saturated carbocycles. The van der Waals surface area contributed by atoms with E-state index in [1.165, 1.54) is 51.9 Å². The van der Waals surface area contributed by atoms with Gasteiger partial charge in [-0.25, -0.2) is 19.7 Å². The molecule has 2 aliphatic rings. The van der Waals surface area contributed by atoms with E-state index in [1.807, 2.05) is 0 Å². The van der Waals surface area contributed by atoms with Gasteiger partial charge < -0.3 is 16.2 Å². The summed E-state index contributed by atoms with van der Waals surface area (Å²) in [6, 6.07) is 2.35. The highest BCUT2D eigenvalue weighted by atomic mass is 35.5. The zero-order valence-electron chi connectivity index (χ0n) is 18.9. The minimum atomic E-state index is -1.21. The van der Waals surface area contributed by atoms with E-state index in [-0.39, 0.29) is 27.7 Å². The van der Waals surface area contributed by atoms with Crippen molar-refractivity contribution in [2.24, 2.45) is 0 Å². The molecule has 12 nitrogen and oxygen atoms in total.